The fourth-order valence-corrected chi connectivity index (χ4v) is 5.50. The molecule has 20 heavy (non-hydrogen) atoms. The van der Waals surface area contributed by atoms with Crippen LogP contribution in [0, 0.1) is 5.92 Å². The summed E-state index contributed by atoms with van der Waals surface area (Å²) in [4.78, 5) is 0.307. The number of hydrogen-bond acceptors (Lipinski definition) is 3. The van der Waals surface area contributed by atoms with Crippen LogP contribution in [0.25, 0.3) is 0 Å². The number of nitrogens with one attached hydrogen (secondary N) is 1. The summed E-state index contributed by atoms with van der Waals surface area (Å²) in [7, 11) is -3.45. The van der Waals surface area contributed by atoms with Gasteiger partial charge in [0.2, 0.25) is 10.0 Å². The maximum absolute atomic E-state index is 12.8. The average molecular weight is 380 g/mol. The normalized spacial score (nSPS) is 27.5. The van der Waals surface area contributed by atoms with Crippen LogP contribution in [0.5, 0.6) is 0 Å². The van der Waals surface area contributed by atoms with E-state index in [2.05, 4.69) is 21.2 Å². The van der Waals surface area contributed by atoms with E-state index in [-0.39, 0.29) is 6.04 Å². The van der Waals surface area contributed by atoms with Crippen LogP contribution in [-0.4, -0.2) is 38.4 Å². The van der Waals surface area contributed by atoms with Gasteiger partial charge >= 0.3 is 0 Å². The molecule has 110 valence electrons. The number of halogens is 2. The Kier molecular flexibility index (Phi) is 4.12. The Bertz CT molecular complexity index is 623. The highest BCUT2D eigenvalue weighted by Crippen LogP contribution is 2.33. The molecule has 1 aromatic rings. The number of fused-ring (bicyclic) bond motifs is 1. The molecule has 0 bridgehead atoms. The standard InChI is InChI=1S/C13H16BrClN2O2S/c14-11-6-10(3-4-12(11)15)20(18,19)17-5-1-2-9-7-16-8-13(9)17/h3-4,6,9,13,16H,1-2,5,7-8H2. The zero-order chi connectivity index (χ0) is 14.3. The Morgan fingerprint density at radius 1 is 1.35 bits per heavy atom. The quantitative estimate of drug-likeness (QED) is 0.859. The van der Waals surface area contributed by atoms with Crippen molar-refractivity contribution in [2.24, 2.45) is 5.92 Å². The number of hydrogen-bond donors (Lipinski definition) is 1. The molecule has 4 nitrogen and oxygen atoms in total. The fraction of sp³-hybridized carbons (Fsp3) is 0.538. The molecule has 2 fully saturated rings. The van der Waals surface area contributed by atoms with Crippen molar-refractivity contribution >= 4 is 37.6 Å². The van der Waals surface area contributed by atoms with Crippen LogP contribution < -0.4 is 5.32 Å². The van der Waals surface area contributed by atoms with Gasteiger partial charge in [0.1, 0.15) is 0 Å². The molecule has 2 unspecified atom stereocenters. The molecule has 0 radical (unpaired) electrons. The number of rotatable bonds is 2. The van der Waals surface area contributed by atoms with Crippen molar-refractivity contribution < 1.29 is 8.42 Å². The molecule has 0 amide bonds. The molecule has 1 N–H and O–H groups in total. The van der Waals surface area contributed by atoms with E-state index in [1.807, 2.05) is 0 Å². The molecule has 0 aliphatic carbocycles. The van der Waals surface area contributed by atoms with Crippen LogP contribution in [0.4, 0.5) is 0 Å². The molecule has 2 atom stereocenters. The molecule has 2 heterocycles. The second-order valence-electron chi connectivity index (χ2n) is 5.32. The third-order valence-electron chi connectivity index (χ3n) is 4.13. The second kappa shape index (κ2) is 5.57. The fourth-order valence-electron chi connectivity index (χ4n) is 3.10. The van der Waals surface area contributed by atoms with Crippen molar-refractivity contribution in [3.8, 4) is 0 Å². The largest absolute Gasteiger partial charge is 0.315 e. The first-order valence-corrected chi connectivity index (χ1v) is 9.29. The highest BCUT2D eigenvalue weighted by Gasteiger charge is 2.41. The molecule has 2 aliphatic heterocycles. The first-order chi connectivity index (χ1) is 9.50. The molecule has 0 aromatic heterocycles. The smallest absolute Gasteiger partial charge is 0.243 e. The third-order valence-corrected chi connectivity index (χ3v) is 7.26. The molecule has 1 aromatic carbocycles. The van der Waals surface area contributed by atoms with Crippen LogP contribution in [0.15, 0.2) is 27.6 Å². The minimum atomic E-state index is -3.45. The van der Waals surface area contributed by atoms with Gasteiger partial charge < -0.3 is 5.32 Å². The predicted octanol–water partition coefficient (Wildman–Crippen LogP) is 2.48. The molecule has 2 aliphatic rings. The van der Waals surface area contributed by atoms with Gasteiger partial charge in [-0.05, 0) is 59.4 Å². The van der Waals surface area contributed by atoms with Crippen molar-refractivity contribution in [1.29, 1.82) is 0 Å². The molecule has 3 rings (SSSR count). The predicted molar refractivity (Wildman–Crippen MR) is 82.4 cm³/mol. The van der Waals surface area contributed by atoms with E-state index in [0.717, 1.165) is 25.9 Å². The van der Waals surface area contributed by atoms with Gasteiger partial charge in [-0.15, -0.1) is 0 Å². The number of benzene rings is 1. The van der Waals surface area contributed by atoms with Crippen molar-refractivity contribution in [3.63, 3.8) is 0 Å². The van der Waals surface area contributed by atoms with E-state index in [1.54, 1.807) is 22.5 Å². The summed E-state index contributed by atoms with van der Waals surface area (Å²) < 4.78 is 27.9. The maximum Gasteiger partial charge on any atom is 0.243 e. The van der Waals surface area contributed by atoms with E-state index in [9.17, 15) is 8.42 Å². The van der Waals surface area contributed by atoms with Crippen LogP contribution in [0.3, 0.4) is 0 Å². The lowest BCUT2D eigenvalue weighted by atomic mass is 9.94. The first-order valence-electron chi connectivity index (χ1n) is 6.68. The summed E-state index contributed by atoms with van der Waals surface area (Å²) in [6, 6.07) is 4.87. The summed E-state index contributed by atoms with van der Waals surface area (Å²) in [6.45, 7) is 2.27. The Labute approximate surface area is 132 Å². The Morgan fingerprint density at radius 3 is 2.90 bits per heavy atom. The monoisotopic (exact) mass is 378 g/mol. The Balaban J connectivity index is 1.96. The lowest BCUT2D eigenvalue weighted by molar-refractivity contribution is 0.217. The van der Waals surface area contributed by atoms with Crippen LogP contribution in [0.2, 0.25) is 5.02 Å². The minimum Gasteiger partial charge on any atom is -0.315 e. The SMILES string of the molecule is O=S(=O)(c1ccc(Cl)c(Br)c1)N1CCCC2CNCC21. The van der Waals surface area contributed by atoms with Gasteiger partial charge in [0.15, 0.2) is 0 Å². The van der Waals surface area contributed by atoms with Crippen LogP contribution in [-0.2, 0) is 10.0 Å². The van der Waals surface area contributed by atoms with Crippen molar-refractivity contribution in [3.05, 3.63) is 27.7 Å². The first kappa shape index (κ1) is 14.8. The van der Waals surface area contributed by atoms with E-state index in [1.165, 1.54) is 0 Å². The lowest BCUT2D eigenvalue weighted by Gasteiger charge is -2.35. The minimum absolute atomic E-state index is 0.0863. The molecular formula is C13H16BrClN2O2S. The van der Waals surface area contributed by atoms with E-state index in [0.29, 0.717) is 26.9 Å². The number of nitrogens with zero attached hydrogens (tertiary/aromatic N) is 1. The van der Waals surface area contributed by atoms with Gasteiger partial charge in [0.25, 0.3) is 0 Å². The van der Waals surface area contributed by atoms with Crippen molar-refractivity contribution in [1.82, 2.24) is 9.62 Å². The van der Waals surface area contributed by atoms with Gasteiger partial charge in [0.05, 0.1) is 9.92 Å². The molecule has 0 saturated carbocycles. The topological polar surface area (TPSA) is 49.4 Å². The molecular weight excluding hydrogens is 364 g/mol. The summed E-state index contributed by atoms with van der Waals surface area (Å²) in [6.07, 6.45) is 2.03. The Hall–Kier alpha value is -0.140. The van der Waals surface area contributed by atoms with Gasteiger partial charge in [0, 0.05) is 23.6 Å². The maximum atomic E-state index is 12.8. The molecule has 0 spiro atoms. The molecule has 2 saturated heterocycles. The number of piperidine rings is 1. The van der Waals surface area contributed by atoms with Gasteiger partial charge in [-0.1, -0.05) is 11.6 Å². The van der Waals surface area contributed by atoms with Crippen LogP contribution >= 0.6 is 27.5 Å². The van der Waals surface area contributed by atoms with Crippen LogP contribution in [0.1, 0.15) is 12.8 Å². The average Bonchev–Trinajstić information content (AvgIpc) is 2.89. The van der Waals surface area contributed by atoms with Crippen molar-refractivity contribution in [2.45, 2.75) is 23.8 Å². The van der Waals surface area contributed by atoms with Crippen molar-refractivity contribution in [2.75, 3.05) is 19.6 Å². The molecule has 7 heteroatoms. The van der Waals surface area contributed by atoms with E-state index >= 15 is 0 Å². The lowest BCUT2D eigenvalue weighted by Crippen LogP contribution is -2.48. The number of sulfonamides is 1. The Morgan fingerprint density at radius 2 is 2.15 bits per heavy atom. The summed E-state index contributed by atoms with van der Waals surface area (Å²) in [5, 5.41) is 3.82. The summed E-state index contributed by atoms with van der Waals surface area (Å²) in [5.74, 6) is 0.439. The van der Waals surface area contributed by atoms with E-state index < -0.39 is 10.0 Å². The highest BCUT2D eigenvalue weighted by molar-refractivity contribution is 9.10. The summed E-state index contributed by atoms with van der Waals surface area (Å²) in [5.41, 5.74) is 0. The highest BCUT2D eigenvalue weighted by atomic mass is 79.9. The zero-order valence-corrected chi connectivity index (χ0v) is 14.0. The van der Waals surface area contributed by atoms with Gasteiger partial charge in [-0.3, -0.25) is 0 Å². The van der Waals surface area contributed by atoms with Gasteiger partial charge in [-0.25, -0.2) is 8.42 Å². The van der Waals surface area contributed by atoms with Gasteiger partial charge in [-0.2, -0.15) is 4.31 Å². The summed E-state index contributed by atoms with van der Waals surface area (Å²) >= 11 is 9.23. The van der Waals surface area contributed by atoms with E-state index in [4.69, 9.17) is 11.6 Å². The zero-order valence-electron chi connectivity index (χ0n) is 10.9. The third kappa shape index (κ3) is 2.52. The second-order valence-corrected chi connectivity index (χ2v) is 8.47.